The van der Waals surface area contributed by atoms with Gasteiger partial charge in [-0.1, -0.05) is 17.7 Å². The molecule has 1 saturated heterocycles. The van der Waals surface area contributed by atoms with Gasteiger partial charge < -0.3 is 5.32 Å². The number of halogens is 1. The van der Waals surface area contributed by atoms with Crippen molar-refractivity contribution in [1.29, 1.82) is 0 Å². The first kappa shape index (κ1) is 11.7. The molecule has 0 amide bonds. The van der Waals surface area contributed by atoms with Crippen LogP contribution in [-0.4, -0.2) is 22.6 Å². The zero-order chi connectivity index (χ0) is 12.5. The zero-order valence-corrected chi connectivity index (χ0v) is 10.7. The summed E-state index contributed by atoms with van der Waals surface area (Å²) < 4.78 is 1.69. The Hall–Kier alpha value is -1.39. The number of benzene rings is 1. The molecule has 0 aliphatic carbocycles. The van der Waals surface area contributed by atoms with Crippen LogP contribution in [0.25, 0.3) is 10.9 Å². The molecule has 94 valence electrons. The maximum atomic E-state index is 12.3. The Labute approximate surface area is 110 Å². The Morgan fingerprint density at radius 2 is 2.39 bits per heavy atom. The Bertz CT molecular complexity index is 632. The molecule has 1 aliphatic heterocycles. The van der Waals surface area contributed by atoms with E-state index in [1.807, 2.05) is 0 Å². The van der Waals surface area contributed by atoms with Crippen molar-refractivity contribution in [2.45, 2.75) is 13.0 Å². The molecule has 1 unspecified atom stereocenters. The van der Waals surface area contributed by atoms with E-state index in [0.29, 0.717) is 21.8 Å². The van der Waals surface area contributed by atoms with E-state index in [4.69, 9.17) is 11.6 Å². The molecule has 3 rings (SSSR count). The first-order chi connectivity index (χ1) is 8.75. The standard InChI is InChI=1S/C13H14ClN3O/c14-11-3-1-2-10-12(11)16-8-17(13(10)18)7-9-4-5-15-6-9/h1-3,8-9,15H,4-7H2. The first-order valence-corrected chi connectivity index (χ1v) is 6.48. The van der Waals surface area contributed by atoms with Crippen molar-refractivity contribution in [2.75, 3.05) is 13.1 Å². The predicted molar refractivity (Wildman–Crippen MR) is 72.0 cm³/mol. The van der Waals surface area contributed by atoms with Crippen LogP contribution in [0.5, 0.6) is 0 Å². The number of rotatable bonds is 2. The molecule has 2 heterocycles. The highest BCUT2D eigenvalue weighted by molar-refractivity contribution is 6.34. The van der Waals surface area contributed by atoms with Crippen molar-refractivity contribution in [3.05, 3.63) is 39.9 Å². The summed E-state index contributed by atoms with van der Waals surface area (Å²) in [6.45, 7) is 2.73. The Morgan fingerprint density at radius 3 is 3.17 bits per heavy atom. The minimum atomic E-state index is -0.00519. The smallest absolute Gasteiger partial charge is 0.261 e. The molecule has 0 radical (unpaired) electrons. The van der Waals surface area contributed by atoms with E-state index in [9.17, 15) is 4.79 Å². The van der Waals surface area contributed by atoms with Gasteiger partial charge in [0.2, 0.25) is 0 Å². The lowest BCUT2D eigenvalue weighted by atomic mass is 10.1. The van der Waals surface area contributed by atoms with Crippen molar-refractivity contribution in [2.24, 2.45) is 5.92 Å². The van der Waals surface area contributed by atoms with Gasteiger partial charge in [0.1, 0.15) is 0 Å². The molecule has 1 aliphatic rings. The molecule has 1 atom stereocenters. The molecule has 1 aromatic carbocycles. The summed E-state index contributed by atoms with van der Waals surface area (Å²) in [6.07, 6.45) is 2.72. The van der Waals surface area contributed by atoms with E-state index in [1.54, 1.807) is 29.1 Å². The van der Waals surface area contributed by atoms with Crippen LogP contribution < -0.4 is 10.9 Å². The van der Waals surface area contributed by atoms with E-state index in [0.717, 1.165) is 26.1 Å². The van der Waals surface area contributed by atoms with Gasteiger partial charge in [0.25, 0.3) is 5.56 Å². The zero-order valence-electron chi connectivity index (χ0n) is 9.90. The molecule has 1 fully saturated rings. The maximum absolute atomic E-state index is 12.3. The number of hydrogen-bond donors (Lipinski definition) is 1. The molecular weight excluding hydrogens is 250 g/mol. The highest BCUT2D eigenvalue weighted by Gasteiger charge is 2.16. The van der Waals surface area contributed by atoms with Crippen molar-refractivity contribution in [1.82, 2.24) is 14.9 Å². The Morgan fingerprint density at radius 1 is 1.50 bits per heavy atom. The van der Waals surface area contributed by atoms with Gasteiger partial charge in [-0.15, -0.1) is 0 Å². The third kappa shape index (κ3) is 2.02. The molecular formula is C13H14ClN3O. The van der Waals surface area contributed by atoms with Crippen LogP contribution in [0.4, 0.5) is 0 Å². The highest BCUT2D eigenvalue weighted by atomic mass is 35.5. The predicted octanol–water partition coefficient (Wildman–Crippen LogP) is 1.66. The summed E-state index contributed by atoms with van der Waals surface area (Å²) >= 11 is 6.03. The van der Waals surface area contributed by atoms with E-state index in [1.165, 1.54) is 0 Å². The molecule has 1 N–H and O–H groups in total. The summed E-state index contributed by atoms with van der Waals surface area (Å²) in [7, 11) is 0. The molecule has 0 bridgehead atoms. The number of hydrogen-bond acceptors (Lipinski definition) is 3. The number of nitrogens with zero attached hydrogens (tertiary/aromatic N) is 2. The van der Waals surface area contributed by atoms with Crippen molar-refractivity contribution < 1.29 is 0 Å². The summed E-state index contributed by atoms with van der Waals surface area (Å²) in [5, 5.41) is 4.42. The highest BCUT2D eigenvalue weighted by Crippen LogP contribution is 2.18. The average Bonchev–Trinajstić information content (AvgIpc) is 2.86. The summed E-state index contributed by atoms with van der Waals surface area (Å²) in [4.78, 5) is 16.6. The Balaban J connectivity index is 2.03. The normalized spacial score (nSPS) is 19.5. The minimum Gasteiger partial charge on any atom is -0.316 e. The van der Waals surface area contributed by atoms with Gasteiger partial charge in [0.05, 0.1) is 22.3 Å². The molecule has 1 aromatic heterocycles. The second kappa shape index (κ2) is 4.71. The van der Waals surface area contributed by atoms with Crippen LogP contribution in [-0.2, 0) is 6.54 Å². The van der Waals surface area contributed by atoms with Crippen LogP contribution in [0.1, 0.15) is 6.42 Å². The average molecular weight is 264 g/mol. The largest absolute Gasteiger partial charge is 0.316 e. The fraction of sp³-hybridized carbons (Fsp3) is 0.385. The van der Waals surface area contributed by atoms with Gasteiger partial charge in [0, 0.05) is 6.54 Å². The van der Waals surface area contributed by atoms with E-state index in [-0.39, 0.29) is 5.56 Å². The first-order valence-electron chi connectivity index (χ1n) is 6.10. The fourth-order valence-corrected chi connectivity index (χ4v) is 2.66. The van der Waals surface area contributed by atoms with Crippen molar-refractivity contribution in [3.8, 4) is 0 Å². The summed E-state index contributed by atoms with van der Waals surface area (Å²) in [6, 6.07) is 5.32. The quantitative estimate of drug-likeness (QED) is 0.896. The number of para-hydroxylation sites is 1. The second-order valence-electron chi connectivity index (χ2n) is 4.70. The van der Waals surface area contributed by atoms with Crippen molar-refractivity contribution >= 4 is 22.5 Å². The van der Waals surface area contributed by atoms with Gasteiger partial charge in [-0.2, -0.15) is 0 Å². The molecule has 4 nitrogen and oxygen atoms in total. The Kier molecular flexibility index (Phi) is 3.06. The van der Waals surface area contributed by atoms with Crippen molar-refractivity contribution in [3.63, 3.8) is 0 Å². The van der Waals surface area contributed by atoms with Crippen LogP contribution in [0, 0.1) is 5.92 Å². The third-order valence-corrected chi connectivity index (χ3v) is 3.73. The second-order valence-corrected chi connectivity index (χ2v) is 5.10. The lowest BCUT2D eigenvalue weighted by Crippen LogP contribution is -2.25. The molecule has 5 heteroatoms. The molecule has 0 saturated carbocycles. The number of fused-ring (bicyclic) bond motifs is 1. The monoisotopic (exact) mass is 263 g/mol. The van der Waals surface area contributed by atoms with Gasteiger partial charge in [-0.3, -0.25) is 9.36 Å². The number of aromatic nitrogens is 2. The minimum absolute atomic E-state index is 0.00519. The van der Waals surface area contributed by atoms with Gasteiger partial charge in [-0.05, 0) is 37.6 Å². The SMILES string of the molecule is O=c1c2cccc(Cl)c2ncn1CC1CCNC1. The third-order valence-electron chi connectivity index (χ3n) is 3.42. The van der Waals surface area contributed by atoms with Crippen LogP contribution in [0.3, 0.4) is 0 Å². The molecule has 18 heavy (non-hydrogen) atoms. The van der Waals surface area contributed by atoms with E-state index in [2.05, 4.69) is 10.3 Å². The number of nitrogens with one attached hydrogen (secondary N) is 1. The lowest BCUT2D eigenvalue weighted by Gasteiger charge is -2.11. The molecule has 2 aromatic rings. The van der Waals surface area contributed by atoms with Crippen LogP contribution in [0.2, 0.25) is 5.02 Å². The van der Waals surface area contributed by atoms with Gasteiger partial charge in [0.15, 0.2) is 0 Å². The van der Waals surface area contributed by atoms with E-state index < -0.39 is 0 Å². The van der Waals surface area contributed by atoms with Crippen LogP contribution >= 0.6 is 11.6 Å². The van der Waals surface area contributed by atoms with Gasteiger partial charge in [-0.25, -0.2) is 4.98 Å². The summed E-state index contributed by atoms with van der Waals surface area (Å²) in [5.74, 6) is 0.515. The van der Waals surface area contributed by atoms with Gasteiger partial charge >= 0.3 is 0 Å². The van der Waals surface area contributed by atoms with E-state index >= 15 is 0 Å². The molecule has 0 spiro atoms. The van der Waals surface area contributed by atoms with Crippen LogP contribution in [0.15, 0.2) is 29.3 Å². The topological polar surface area (TPSA) is 46.9 Å². The maximum Gasteiger partial charge on any atom is 0.261 e. The fourth-order valence-electron chi connectivity index (χ4n) is 2.43. The summed E-state index contributed by atoms with van der Waals surface area (Å²) in [5.41, 5.74) is 0.583. The lowest BCUT2D eigenvalue weighted by molar-refractivity contribution is 0.470.